The van der Waals surface area contributed by atoms with Crippen molar-refractivity contribution in [3.05, 3.63) is 88.5 Å². The van der Waals surface area contributed by atoms with Gasteiger partial charge in [-0.15, -0.1) is 0 Å². The molecule has 16 heteroatoms. The molecule has 1 fully saturated rings. The molecule has 0 saturated carbocycles. The molecule has 1 aliphatic heterocycles. The topological polar surface area (TPSA) is 176 Å². The first-order valence-electron chi connectivity index (χ1n) is 18.2. The van der Waals surface area contributed by atoms with Crippen LogP contribution in [-0.2, 0) is 55.7 Å². The number of benzene rings is 2. The predicted molar refractivity (Wildman–Crippen MR) is 192 cm³/mol. The van der Waals surface area contributed by atoms with E-state index in [1.54, 1.807) is 32.9 Å². The van der Waals surface area contributed by atoms with Crippen molar-refractivity contribution < 1.29 is 65.9 Å². The van der Waals surface area contributed by atoms with Crippen LogP contribution in [0.15, 0.2) is 66.3 Å². The number of alkyl halides is 3. The number of halogens is 3. The van der Waals surface area contributed by atoms with Crippen LogP contribution in [-0.4, -0.2) is 96.5 Å². The minimum absolute atomic E-state index is 0.00957. The van der Waals surface area contributed by atoms with Crippen molar-refractivity contribution in [2.24, 2.45) is 0 Å². The number of ether oxygens (including phenoxy) is 5. The van der Waals surface area contributed by atoms with Crippen LogP contribution in [0.4, 0.5) is 13.2 Å². The first-order valence-corrected chi connectivity index (χ1v) is 18.2. The van der Waals surface area contributed by atoms with Gasteiger partial charge in [-0.2, -0.15) is 13.2 Å². The Bertz CT molecular complexity index is 1830. The number of amides is 2. The summed E-state index contributed by atoms with van der Waals surface area (Å²) in [6.45, 7) is 2.96. The monoisotopic (exact) mass is 786 g/mol. The van der Waals surface area contributed by atoms with Gasteiger partial charge in [-0.1, -0.05) is 42.5 Å². The second-order valence-corrected chi connectivity index (χ2v) is 14.8. The van der Waals surface area contributed by atoms with Crippen LogP contribution in [0.5, 0.6) is 0 Å². The lowest BCUT2D eigenvalue weighted by atomic mass is 9.91. The fourth-order valence-corrected chi connectivity index (χ4v) is 6.65. The molecule has 2 aliphatic carbocycles. The molecule has 3 aliphatic rings. The van der Waals surface area contributed by atoms with Gasteiger partial charge in [-0.25, -0.2) is 9.59 Å². The maximum Gasteiger partial charge on any atom is 0.422 e. The maximum absolute atomic E-state index is 13.7. The molecular weight excluding hydrogens is 741 g/mol. The molecule has 1 heterocycles. The molecule has 2 aromatic rings. The fraction of sp³-hybridized carbons (Fsp3) is 0.475. The lowest BCUT2D eigenvalue weighted by molar-refractivity contribution is -0.182. The highest BCUT2D eigenvalue weighted by molar-refractivity contribution is 5.97. The lowest BCUT2D eigenvalue weighted by Crippen LogP contribution is -2.44. The van der Waals surface area contributed by atoms with E-state index in [4.69, 9.17) is 18.9 Å². The van der Waals surface area contributed by atoms with Crippen LogP contribution < -0.4 is 10.6 Å². The first-order chi connectivity index (χ1) is 26.4. The van der Waals surface area contributed by atoms with E-state index in [0.717, 1.165) is 23.3 Å². The van der Waals surface area contributed by atoms with Gasteiger partial charge in [-0.3, -0.25) is 14.4 Å². The van der Waals surface area contributed by atoms with Crippen LogP contribution in [0, 0.1) is 0 Å². The Labute approximate surface area is 321 Å². The first kappa shape index (κ1) is 42.1. The summed E-state index contributed by atoms with van der Waals surface area (Å²) in [5.41, 5.74) is 1.76. The summed E-state index contributed by atoms with van der Waals surface area (Å²) in [7, 11) is 0. The second kappa shape index (κ2) is 17.8. The van der Waals surface area contributed by atoms with Crippen molar-refractivity contribution in [1.82, 2.24) is 10.6 Å². The van der Waals surface area contributed by atoms with Crippen molar-refractivity contribution in [2.75, 3.05) is 19.8 Å². The van der Waals surface area contributed by atoms with Crippen molar-refractivity contribution in [3.63, 3.8) is 0 Å². The summed E-state index contributed by atoms with van der Waals surface area (Å²) in [5.74, 6) is -4.65. The average molecular weight is 787 g/mol. The normalized spacial score (nSPS) is 20.4. The molecule has 0 radical (unpaired) electrons. The molecule has 1 spiro atoms. The van der Waals surface area contributed by atoms with E-state index < -0.39 is 84.9 Å². The Morgan fingerprint density at radius 1 is 0.982 bits per heavy atom. The van der Waals surface area contributed by atoms with E-state index in [1.165, 1.54) is 18.2 Å². The minimum atomic E-state index is -4.71. The molecule has 1 saturated heterocycles. The predicted octanol–water partition coefficient (Wildman–Crippen LogP) is 4.05. The van der Waals surface area contributed by atoms with E-state index in [0.29, 0.717) is 12.8 Å². The van der Waals surface area contributed by atoms with E-state index in [9.17, 15) is 42.3 Å². The molecule has 5 rings (SSSR count). The van der Waals surface area contributed by atoms with Gasteiger partial charge >= 0.3 is 24.1 Å². The van der Waals surface area contributed by atoms with E-state index in [-0.39, 0.29) is 48.9 Å². The highest BCUT2D eigenvalue weighted by atomic mass is 19.4. The van der Waals surface area contributed by atoms with Gasteiger partial charge in [0.1, 0.15) is 23.9 Å². The van der Waals surface area contributed by atoms with Crippen molar-refractivity contribution in [2.45, 2.75) is 101 Å². The van der Waals surface area contributed by atoms with Gasteiger partial charge in [0, 0.05) is 50.3 Å². The minimum Gasteiger partial charge on any atom is -0.460 e. The number of aliphatic hydroxyl groups excluding tert-OH is 1. The van der Waals surface area contributed by atoms with Crippen LogP contribution in [0.2, 0.25) is 0 Å². The zero-order chi connectivity index (χ0) is 40.7. The standard InChI is InChI=1S/C40H45F3N2O11/c1-38(2,3)55-34(49)15-13-28(22-46)45-32(47)16-17-44-36(50)27-18-30(35-31(19-27)54-39(56-35)20-25-9-4-5-10-26(25)21-39)53-37(51)29-11-7-6-8-24(29)12-14-33(48)52-23-40(41,42)43/h4-12,14,19,28,30-31,35,46H,13,15-18,20-23H2,1-3H3,(H,44,50)(H,45,47)/t28-,30+,31+,35-/m0/s1. The Balaban J connectivity index is 1.24. The van der Waals surface area contributed by atoms with Crippen LogP contribution >= 0.6 is 0 Å². The molecule has 2 amide bonds. The van der Waals surface area contributed by atoms with Gasteiger partial charge in [0.15, 0.2) is 12.4 Å². The number of fused-ring (bicyclic) bond motifs is 2. The van der Waals surface area contributed by atoms with Crippen molar-refractivity contribution in [3.8, 4) is 0 Å². The quantitative estimate of drug-likeness (QED) is 0.143. The fourth-order valence-electron chi connectivity index (χ4n) is 6.65. The van der Waals surface area contributed by atoms with E-state index in [2.05, 4.69) is 15.4 Å². The van der Waals surface area contributed by atoms with Gasteiger partial charge < -0.3 is 39.4 Å². The van der Waals surface area contributed by atoms with Crippen LogP contribution in [0.1, 0.15) is 73.5 Å². The number of aliphatic hydroxyl groups is 1. The molecule has 3 N–H and O–H groups in total. The molecule has 0 unspecified atom stereocenters. The van der Waals surface area contributed by atoms with E-state index >= 15 is 0 Å². The molecule has 4 atom stereocenters. The van der Waals surface area contributed by atoms with Crippen molar-refractivity contribution in [1.29, 1.82) is 0 Å². The zero-order valence-electron chi connectivity index (χ0n) is 31.2. The summed E-state index contributed by atoms with van der Waals surface area (Å²) in [4.78, 5) is 63.8. The Morgan fingerprint density at radius 2 is 1.66 bits per heavy atom. The number of carbonyl (C=O) groups is 5. The Kier molecular flexibility index (Phi) is 13.4. The van der Waals surface area contributed by atoms with Gasteiger partial charge in [0.05, 0.1) is 18.2 Å². The third-order valence-corrected chi connectivity index (χ3v) is 9.06. The average Bonchev–Trinajstić information content (AvgIpc) is 3.68. The molecular formula is C40H45F3N2O11. The van der Waals surface area contributed by atoms with Crippen molar-refractivity contribution >= 4 is 35.8 Å². The maximum atomic E-state index is 13.7. The summed E-state index contributed by atoms with van der Waals surface area (Å²) in [6.07, 6.45) is -3.06. The SMILES string of the molecule is CC(C)(C)OC(=O)CC[C@@H](CO)NC(=O)CCNC(=O)C1=C[C@H]2OC3(Cc4ccccc4C3)O[C@H]2[C@H](OC(=O)c2ccccc2C=CC(=O)OCC(F)(F)F)C1. The smallest absolute Gasteiger partial charge is 0.422 e. The molecule has 13 nitrogen and oxygen atoms in total. The summed E-state index contributed by atoms with van der Waals surface area (Å²) < 4.78 is 65.9. The van der Waals surface area contributed by atoms with Gasteiger partial charge in [0.25, 0.3) is 0 Å². The van der Waals surface area contributed by atoms with E-state index in [1.807, 2.05) is 24.3 Å². The zero-order valence-corrected chi connectivity index (χ0v) is 31.2. The number of hydrogen-bond acceptors (Lipinski definition) is 11. The second-order valence-electron chi connectivity index (χ2n) is 14.8. The summed E-state index contributed by atoms with van der Waals surface area (Å²) >= 11 is 0. The Hall–Kier alpha value is -5.06. The number of carbonyl (C=O) groups excluding carboxylic acids is 5. The molecule has 0 aromatic heterocycles. The highest BCUT2D eigenvalue weighted by Gasteiger charge is 2.55. The largest absolute Gasteiger partial charge is 0.460 e. The molecule has 2 aromatic carbocycles. The van der Waals surface area contributed by atoms with Gasteiger partial charge in [0.2, 0.25) is 11.8 Å². The van der Waals surface area contributed by atoms with Crippen LogP contribution in [0.3, 0.4) is 0 Å². The third kappa shape index (κ3) is 11.7. The number of nitrogens with one attached hydrogen (secondary N) is 2. The number of rotatable bonds is 14. The lowest BCUT2D eigenvalue weighted by Gasteiger charge is -2.30. The molecule has 302 valence electrons. The molecule has 56 heavy (non-hydrogen) atoms. The highest BCUT2D eigenvalue weighted by Crippen LogP contribution is 2.45. The number of esters is 3. The third-order valence-electron chi connectivity index (χ3n) is 9.06. The number of hydrogen-bond donors (Lipinski definition) is 3. The summed E-state index contributed by atoms with van der Waals surface area (Å²) in [5, 5.41) is 15.1. The molecule has 0 bridgehead atoms. The van der Waals surface area contributed by atoms with Gasteiger partial charge in [-0.05, 0) is 62.1 Å². The Morgan fingerprint density at radius 3 is 2.32 bits per heavy atom. The van der Waals surface area contributed by atoms with Crippen LogP contribution in [0.25, 0.3) is 6.08 Å². The summed E-state index contributed by atoms with van der Waals surface area (Å²) in [6, 6.07) is 13.0.